The summed E-state index contributed by atoms with van der Waals surface area (Å²) in [5.41, 5.74) is 3.15. The van der Waals surface area contributed by atoms with E-state index in [2.05, 4.69) is 23.5 Å². The Bertz CT molecular complexity index is 780. The molecule has 0 saturated carbocycles. The first-order chi connectivity index (χ1) is 9.83. The van der Waals surface area contributed by atoms with Gasteiger partial charge in [0.25, 0.3) is 0 Å². The Hall–Kier alpha value is -2.13. The van der Waals surface area contributed by atoms with Gasteiger partial charge in [-0.05, 0) is 34.5 Å². The summed E-state index contributed by atoms with van der Waals surface area (Å²) in [6.45, 7) is 0. The number of benzene rings is 2. The molecular formula is C17H13NOS. The summed E-state index contributed by atoms with van der Waals surface area (Å²) in [7, 11) is 0. The van der Waals surface area contributed by atoms with Crippen molar-refractivity contribution in [3.05, 3.63) is 65.0 Å². The van der Waals surface area contributed by atoms with Gasteiger partial charge in [0.05, 0.1) is 6.04 Å². The lowest BCUT2D eigenvalue weighted by molar-refractivity contribution is 0.0973. The van der Waals surface area contributed by atoms with Gasteiger partial charge in [-0.15, -0.1) is 11.3 Å². The van der Waals surface area contributed by atoms with Crippen LogP contribution in [0.1, 0.15) is 15.9 Å². The van der Waals surface area contributed by atoms with Crippen LogP contribution in [0.3, 0.4) is 0 Å². The van der Waals surface area contributed by atoms with E-state index < -0.39 is 0 Å². The number of Topliss-reactive ketones (excluding diaryl/α,β-unsaturated/α-hetero) is 1. The first kappa shape index (κ1) is 11.7. The number of para-hydroxylation sites is 1. The van der Waals surface area contributed by atoms with Gasteiger partial charge in [0.1, 0.15) is 0 Å². The summed E-state index contributed by atoms with van der Waals surface area (Å²) in [6, 6.07) is 16.0. The number of fused-ring (bicyclic) bond motifs is 2. The number of ketones is 1. The second kappa shape index (κ2) is 4.46. The maximum absolute atomic E-state index is 12.8. The van der Waals surface area contributed by atoms with Crippen LogP contribution in [0.15, 0.2) is 53.9 Å². The van der Waals surface area contributed by atoms with E-state index in [1.54, 1.807) is 11.3 Å². The average molecular weight is 279 g/mol. The van der Waals surface area contributed by atoms with Crippen LogP contribution < -0.4 is 5.32 Å². The third kappa shape index (κ3) is 1.74. The number of rotatable bonds is 2. The van der Waals surface area contributed by atoms with Crippen molar-refractivity contribution in [3.63, 3.8) is 0 Å². The molecule has 1 N–H and O–H groups in total. The third-order valence-electron chi connectivity index (χ3n) is 3.83. The quantitative estimate of drug-likeness (QED) is 0.715. The van der Waals surface area contributed by atoms with Gasteiger partial charge in [-0.3, -0.25) is 4.79 Å². The number of carbonyl (C=O) groups is 1. The molecule has 98 valence electrons. The summed E-state index contributed by atoms with van der Waals surface area (Å²) in [5.74, 6) is 0.189. The van der Waals surface area contributed by atoms with Gasteiger partial charge in [-0.25, -0.2) is 0 Å². The minimum absolute atomic E-state index is 0.139. The van der Waals surface area contributed by atoms with Crippen LogP contribution in [0.5, 0.6) is 0 Å². The highest BCUT2D eigenvalue weighted by Gasteiger charge is 2.28. The summed E-state index contributed by atoms with van der Waals surface area (Å²) in [4.78, 5) is 12.8. The SMILES string of the molecule is O=C(c1cccc2ccsc12)C1Cc2ccccc2N1. The minimum atomic E-state index is -0.139. The molecule has 20 heavy (non-hydrogen) atoms. The molecule has 0 saturated heterocycles. The van der Waals surface area contributed by atoms with E-state index >= 15 is 0 Å². The summed E-state index contributed by atoms with van der Waals surface area (Å²) in [5, 5.41) is 6.53. The Balaban J connectivity index is 1.71. The van der Waals surface area contributed by atoms with Crippen molar-refractivity contribution >= 4 is 32.9 Å². The third-order valence-corrected chi connectivity index (χ3v) is 4.80. The lowest BCUT2D eigenvalue weighted by Gasteiger charge is -2.10. The van der Waals surface area contributed by atoms with Crippen LogP contribution in [-0.2, 0) is 6.42 Å². The molecule has 0 radical (unpaired) electrons. The fourth-order valence-electron chi connectivity index (χ4n) is 2.83. The second-order valence-corrected chi connectivity index (χ2v) is 5.98. The Morgan fingerprint density at radius 2 is 2.00 bits per heavy atom. The van der Waals surface area contributed by atoms with Crippen molar-refractivity contribution in [2.45, 2.75) is 12.5 Å². The van der Waals surface area contributed by atoms with Gasteiger partial charge in [0, 0.05) is 22.4 Å². The molecule has 1 aliphatic rings. The zero-order valence-electron chi connectivity index (χ0n) is 10.8. The molecule has 1 aliphatic heterocycles. The van der Waals surface area contributed by atoms with Crippen molar-refractivity contribution < 1.29 is 4.79 Å². The number of hydrogen-bond acceptors (Lipinski definition) is 3. The molecular weight excluding hydrogens is 266 g/mol. The molecule has 0 amide bonds. The van der Waals surface area contributed by atoms with Crippen LogP contribution in [0.4, 0.5) is 5.69 Å². The number of anilines is 1. The van der Waals surface area contributed by atoms with E-state index in [0.717, 1.165) is 27.8 Å². The molecule has 3 aromatic rings. The lowest BCUT2D eigenvalue weighted by Crippen LogP contribution is -2.27. The van der Waals surface area contributed by atoms with E-state index in [0.29, 0.717) is 0 Å². The van der Waals surface area contributed by atoms with E-state index in [4.69, 9.17) is 0 Å². The largest absolute Gasteiger partial charge is 0.374 e. The molecule has 1 unspecified atom stereocenters. The standard InChI is InChI=1S/C17H13NOS/c19-16(13-6-3-5-11-8-9-20-17(11)13)15-10-12-4-1-2-7-14(12)18-15/h1-9,15,18H,10H2. The second-order valence-electron chi connectivity index (χ2n) is 5.07. The van der Waals surface area contributed by atoms with Crippen LogP contribution in [0.2, 0.25) is 0 Å². The normalized spacial score (nSPS) is 16.9. The van der Waals surface area contributed by atoms with Gasteiger partial charge in [0.15, 0.2) is 5.78 Å². The van der Waals surface area contributed by atoms with E-state index in [9.17, 15) is 4.79 Å². The Morgan fingerprint density at radius 1 is 1.10 bits per heavy atom. The van der Waals surface area contributed by atoms with Gasteiger partial charge in [-0.1, -0.05) is 30.3 Å². The van der Waals surface area contributed by atoms with Crippen molar-refractivity contribution in [2.75, 3.05) is 5.32 Å². The van der Waals surface area contributed by atoms with Crippen LogP contribution in [-0.4, -0.2) is 11.8 Å². The highest BCUT2D eigenvalue weighted by Crippen LogP contribution is 2.30. The molecule has 2 heterocycles. The molecule has 4 rings (SSSR count). The number of carbonyl (C=O) groups excluding carboxylic acids is 1. The summed E-state index contributed by atoms with van der Waals surface area (Å²) in [6.07, 6.45) is 0.775. The van der Waals surface area contributed by atoms with Crippen molar-refractivity contribution in [1.29, 1.82) is 0 Å². The minimum Gasteiger partial charge on any atom is -0.374 e. The monoisotopic (exact) mass is 279 g/mol. The molecule has 0 aliphatic carbocycles. The first-order valence-corrected chi connectivity index (χ1v) is 7.56. The Kier molecular flexibility index (Phi) is 2.60. The molecule has 0 spiro atoms. The smallest absolute Gasteiger partial charge is 0.186 e. The van der Waals surface area contributed by atoms with Crippen LogP contribution >= 0.6 is 11.3 Å². The first-order valence-electron chi connectivity index (χ1n) is 6.68. The molecule has 0 bridgehead atoms. The highest BCUT2D eigenvalue weighted by atomic mass is 32.1. The molecule has 1 aromatic heterocycles. The van der Waals surface area contributed by atoms with Crippen molar-refractivity contribution in [3.8, 4) is 0 Å². The van der Waals surface area contributed by atoms with E-state index in [-0.39, 0.29) is 11.8 Å². The van der Waals surface area contributed by atoms with Crippen molar-refractivity contribution in [2.24, 2.45) is 0 Å². The summed E-state index contributed by atoms with van der Waals surface area (Å²) >= 11 is 1.64. The summed E-state index contributed by atoms with van der Waals surface area (Å²) < 4.78 is 1.09. The number of hydrogen-bond donors (Lipinski definition) is 1. The highest BCUT2D eigenvalue weighted by molar-refractivity contribution is 7.17. The maximum Gasteiger partial charge on any atom is 0.186 e. The molecule has 0 fully saturated rings. The molecule has 2 aromatic carbocycles. The van der Waals surface area contributed by atoms with Gasteiger partial charge >= 0.3 is 0 Å². The predicted octanol–water partition coefficient (Wildman–Crippen LogP) is 4.12. The van der Waals surface area contributed by atoms with Gasteiger partial charge in [0.2, 0.25) is 0 Å². The zero-order chi connectivity index (χ0) is 13.5. The Labute approximate surface area is 121 Å². The fraction of sp³-hybridized carbons (Fsp3) is 0.118. The molecule has 3 heteroatoms. The van der Waals surface area contributed by atoms with Gasteiger partial charge in [-0.2, -0.15) is 0 Å². The zero-order valence-corrected chi connectivity index (χ0v) is 11.6. The average Bonchev–Trinajstić information content (AvgIpc) is 3.12. The topological polar surface area (TPSA) is 29.1 Å². The molecule has 1 atom stereocenters. The van der Waals surface area contributed by atoms with E-state index in [1.807, 2.05) is 35.7 Å². The van der Waals surface area contributed by atoms with Crippen LogP contribution in [0.25, 0.3) is 10.1 Å². The predicted molar refractivity (Wildman–Crippen MR) is 83.7 cm³/mol. The number of thiophene rings is 1. The van der Waals surface area contributed by atoms with Gasteiger partial charge < -0.3 is 5.32 Å². The van der Waals surface area contributed by atoms with Crippen molar-refractivity contribution in [1.82, 2.24) is 0 Å². The van der Waals surface area contributed by atoms with E-state index in [1.165, 1.54) is 5.56 Å². The number of nitrogens with one attached hydrogen (secondary N) is 1. The Morgan fingerprint density at radius 3 is 2.90 bits per heavy atom. The maximum atomic E-state index is 12.8. The molecule has 2 nitrogen and oxygen atoms in total. The van der Waals surface area contributed by atoms with Crippen LogP contribution in [0, 0.1) is 0 Å². The lowest BCUT2D eigenvalue weighted by atomic mass is 10.0. The fourth-order valence-corrected chi connectivity index (χ4v) is 3.75.